The van der Waals surface area contributed by atoms with E-state index in [9.17, 15) is 0 Å². The molecular formula is C16H31N3O. The fourth-order valence-corrected chi connectivity index (χ4v) is 2.14. The minimum Gasteiger partial charge on any atom is -0.381 e. The van der Waals surface area contributed by atoms with Crippen LogP contribution in [0.4, 0.5) is 0 Å². The summed E-state index contributed by atoms with van der Waals surface area (Å²) < 4.78 is 7.48. The van der Waals surface area contributed by atoms with Gasteiger partial charge in [0.1, 0.15) is 0 Å². The molecule has 4 heteroatoms. The second-order valence-corrected chi connectivity index (χ2v) is 6.93. The van der Waals surface area contributed by atoms with Crippen LogP contribution in [0.15, 0.2) is 6.20 Å². The summed E-state index contributed by atoms with van der Waals surface area (Å²) in [4.78, 5) is 0. The minimum atomic E-state index is 0.0959. The predicted octanol–water partition coefficient (Wildman–Crippen LogP) is 2.87. The summed E-state index contributed by atoms with van der Waals surface area (Å²) in [7, 11) is 1.98. The highest BCUT2D eigenvalue weighted by atomic mass is 16.5. The minimum absolute atomic E-state index is 0.0959. The SMILES string of the molecule is CC(C)COCCCNCc1cn(C)nc1C(C)(C)C. The van der Waals surface area contributed by atoms with Gasteiger partial charge >= 0.3 is 0 Å². The molecule has 0 saturated heterocycles. The zero-order valence-corrected chi connectivity index (χ0v) is 14.0. The van der Waals surface area contributed by atoms with Gasteiger partial charge in [0, 0.05) is 44.0 Å². The van der Waals surface area contributed by atoms with Crippen molar-refractivity contribution in [2.45, 2.75) is 53.0 Å². The van der Waals surface area contributed by atoms with Gasteiger partial charge in [0.05, 0.1) is 5.69 Å². The van der Waals surface area contributed by atoms with Crippen LogP contribution < -0.4 is 5.32 Å². The molecule has 0 unspecified atom stereocenters. The first-order chi connectivity index (χ1) is 9.30. The van der Waals surface area contributed by atoms with E-state index >= 15 is 0 Å². The summed E-state index contributed by atoms with van der Waals surface area (Å²) in [6.45, 7) is 14.5. The number of nitrogens with one attached hydrogen (secondary N) is 1. The first kappa shape index (κ1) is 17.2. The van der Waals surface area contributed by atoms with E-state index in [0.717, 1.165) is 32.7 Å². The van der Waals surface area contributed by atoms with Crippen molar-refractivity contribution in [2.75, 3.05) is 19.8 Å². The molecule has 0 aromatic carbocycles. The third-order valence-electron chi connectivity index (χ3n) is 3.02. The van der Waals surface area contributed by atoms with Gasteiger partial charge < -0.3 is 10.1 Å². The van der Waals surface area contributed by atoms with Crippen LogP contribution >= 0.6 is 0 Å². The largest absolute Gasteiger partial charge is 0.381 e. The van der Waals surface area contributed by atoms with Crippen molar-refractivity contribution in [2.24, 2.45) is 13.0 Å². The lowest BCUT2D eigenvalue weighted by Crippen LogP contribution is -2.20. The van der Waals surface area contributed by atoms with Crippen LogP contribution in [0.1, 0.15) is 52.3 Å². The Labute approximate surface area is 123 Å². The fourth-order valence-electron chi connectivity index (χ4n) is 2.14. The molecule has 0 bridgehead atoms. The number of hydrogen-bond acceptors (Lipinski definition) is 3. The van der Waals surface area contributed by atoms with E-state index in [1.807, 2.05) is 11.7 Å². The summed E-state index contributed by atoms with van der Waals surface area (Å²) >= 11 is 0. The fraction of sp³-hybridized carbons (Fsp3) is 0.812. The van der Waals surface area contributed by atoms with Gasteiger partial charge in [-0.2, -0.15) is 5.10 Å². The van der Waals surface area contributed by atoms with Crippen LogP contribution in [0.3, 0.4) is 0 Å². The van der Waals surface area contributed by atoms with Crippen LogP contribution in [0.2, 0.25) is 0 Å². The normalized spacial score (nSPS) is 12.3. The maximum Gasteiger partial charge on any atom is 0.0722 e. The Morgan fingerprint density at radius 2 is 2.05 bits per heavy atom. The Morgan fingerprint density at radius 1 is 1.35 bits per heavy atom. The van der Waals surface area contributed by atoms with E-state index < -0.39 is 0 Å². The summed E-state index contributed by atoms with van der Waals surface area (Å²) in [6.07, 6.45) is 3.17. The van der Waals surface area contributed by atoms with Gasteiger partial charge in [-0.05, 0) is 18.9 Å². The lowest BCUT2D eigenvalue weighted by molar-refractivity contribution is 0.108. The molecule has 0 atom stereocenters. The molecule has 1 N–H and O–H groups in total. The predicted molar refractivity (Wildman–Crippen MR) is 83.9 cm³/mol. The van der Waals surface area contributed by atoms with Gasteiger partial charge in [-0.15, -0.1) is 0 Å². The van der Waals surface area contributed by atoms with Crippen molar-refractivity contribution < 1.29 is 4.74 Å². The number of ether oxygens (including phenoxy) is 1. The number of aromatic nitrogens is 2. The quantitative estimate of drug-likeness (QED) is 0.745. The van der Waals surface area contributed by atoms with Gasteiger partial charge in [-0.1, -0.05) is 34.6 Å². The van der Waals surface area contributed by atoms with E-state index in [4.69, 9.17) is 4.74 Å². The molecule has 1 heterocycles. The summed E-state index contributed by atoms with van der Waals surface area (Å²) in [5, 5.41) is 8.06. The van der Waals surface area contributed by atoms with Crippen LogP contribution in [0.5, 0.6) is 0 Å². The van der Waals surface area contributed by atoms with E-state index in [1.165, 1.54) is 11.3 Å². The number of nitrogens with zero attached hydrogens (tertiary/aromatic N) is 2. The van der Waals surface area contributed by atoms with Crippen molar-refractivity contribution in [3.05, 3.63) is 17.5 Å². The van der Waals surface area contributed by atoms with Gasteiger partial charge in [0.15, 0.2) is 0 Å². The molecule has 1 aromatic rings. The van der Waals surface area contributed by atoms with Crippen LogP contribution in [-0.4, -0.2) is 29.5 Å². The molecular weight excluding hydrogens is 250 g/mol. The Balaban J connectivity index is 2.29. The van der Waals surface area contributed by atoms with Crippen LogP contribution in [0.25, 0.3) is 0 Å². The van der Waals surface area contributed by atoms with Crippen molar-refractivity contribution in [1.82, 2.24) is 15.1 Å². The monoisotopic (exact) mass is 281 g/mol. The summed E-state index contributed by atoms with van der Waals surface area (Å²) in [6, 6.07) is 0. The molecule has 116 valence electrons. The average Bonchev–Trinajstić information content (AvgIpc) is 2.68. The summed E-state index contributed by atoms with van der Waals surface area (Å²) in [5.41, 5.74) is 2.57. The van der Waals surface area contributed by atoms with E-state index in [-0.39, 0.29) is 5.41 Å². The average molecular weight is 281 g/mol. The smallest absolute Gasteiger partial charge is 0.0722 e. The highest BCUT2D eigenvalue weighted by molar-refractivity contribution is 5.23. The van der Waals surface area contributed by atoms with Gasteiger partial charge in [-0.25, -0.2) is 0 Å². The Bertz CT molecular complexity index is 391. The molecule has 0 radical (unpaired) electrons. The molecule has 1 rings (SSSR count). The lowest BCUT2D eigenvalue weighted by atomic mass is 9.89. The second kappa shape index (κ2) is 7.79. The van der Waals surface area contributed by atoms with Gasteiger partial charge in [-0.3, -0.25) is 4.68 Å². The summed E-state index contributed by atoms with van der Waals surface area (Å²) in [5.74, 6) is 0.618. The van der Waals surface area contributed by atoms with Crippen molar-refractivity contribution in [1.29, 1.82) is 0 Å². The van der Waals surface area contributed by atoms with Crippen LogP contribution in [-0.2, 0) is 23.7 Å². The van der Waals surface area contributed by atoms with Crippen molar-refractivity contribution in [3.63, 3.8) is 0 Å². The maximum atomic E-state index is 5.57. The molecule has 20 heavy (non-hydrogen) atoms. The Morgan fingerprint density at radius 3 is 2.65 bits per heavy atom. The molecule has 0 amide bonds. The van der Waals surface area contributed by atoms with E-state index in [0.29, 0.717) is 5.92 Å². The molecule has 0 aliphatic carbocycles. The van der Waals surface area contributed by atoms with Crippen LogP contribution in [0, 0.1) is 5.92 Å². The molecule has 1 aromatic heterocycles. The van der Waals surface area contributed by atoms with Gasteiger partial charge in [0.25, 0.3) is 0 Å². The molecule has 4 nitrogen and oxygen atoms in total. The zero-order chi connectivity index (χ0) is 15.2. The third-order valence-corrected chi connectivity index (χ3v) is 3.02. The molecule has 0 aliphatic rings. The van der Waals surface area contributed by atoms with E-state index in [1.54, 1.807) is 0 Å². The molecule has 0 aliphatic heterocycles. The standard InChI is InChI=1S/C16H31N3O/c1-13(2)12-20-9-7-8-17-10-14-11-19(6)18-15(14)16(3,4)5/h11,13,17H,7-10,12H2,1-6H3. The number of aryl methyl sites for hydroxylation is 1. The zero-order valence-electron chi connectivity index (χ0n) is 14.0. The van der Waals surface area contributed by atoms with Gasteiger partial charge in [0.2, 0.25) is 0 Å². The Kier molecular flexibility index (Phi) is 6.69. The highest BCUT2D eigenvalue weighted by Gasteiger charge is 2.21. The van der Waals surface area contributed by atoms with Crippen molar-refractivity contribution >= 4 is 0 Å². The first-order valence-corrected chi connectivity index (χ1v) is 7.62. The maximum absolute atomic E-state index is 5.57. The number of rotatable bonds is 8. The molecule has 0 fully saturated rings. The van der Waals surface area contributed by atoms with E-state index in [2.05, 4.69) is 51.2 Å². The topological polar surface area (TPSA) is 39.1 Å². The lowest BCUT2D eigenvalue weighted by Gasteiger charge is -2.17. The molecule has 0 spiro atoms. The first-order valence-electron chi connectivity index (χ1n) is 7.62. The highest BCUT2D eigenvalue weighted by Crippen LogP contribution is 2.23. The molecule has 0 saturated carbocycles. The third kappa shape index (κ3) is 6.06. The second-order valence-electron chi connectivity index (χ2n) is 6.93. The Hall–Kier alpha value is -0.870. The number of hydrogen-bond donors (Lipinski definition) is 1. The van der Waals surface area contributed by atoms with Crippen molar-refractivity contribution in [3.8, 4) is 0 Å².